The Bertz CT molecular complexity index is 2200. The number of primary amides is 1. The van der Waals surface area contributed by atoms with Gasteiger partial charge in [-0.2, -0.15) is 0 Å². The minimum absolute atomic E-state index is 0.0800. The second-order valence-corrected chi connectivity index (χ2v) is 17.6. The van der Waals surface area contributed by atoms with Crippen LogP contribution >= 0.6 is 0 Å². The SMILES string of the molecule is CC[C@H](C)[C@@H]1NC(=O)CNC(=O)[C@H]2Cc3c([nH]c4cc(O)ccc34)[S@](=O)C[C@@H](NC(=O)CNC1=O)C(=O)N[C@@H](CC(N)=O)C(=O)N1C[C@H](O)C[C@@H]1C(=O)N[C@@H]([C@H](C)[C@H](O)CO)C(=O)N2. The lowest BCUT2D eigenvalue weighted by Crippen LogP contribution is -2.62. The van der Waals surface area contributed by atoms with Crippen LogP contribution in [0, 0.1) is 11.8 Å². The molecule has 64 heavy (non-hydrogen) atoms. The Balaban J connectivity index is 1.73. The highest BCUT2D eigenvalue weighted by Gasteiger charge is 2.45. The summed E-state index contributed by atoms with van der Waals surface area (Å²) in [6.45, 7) is 1.76. The predicted molar refractivity (Wildman–Crippen MR) is 222 cm³/mol. The highest BCUT2D eigenvalue weighted by atomic mass is 32.2. The number of hydrogen-bond donors (Lipinski definition) is 13. The number of nitrogens with one attached hydrogen (secondary N) is 8. The number of nitrogens with zero attached hydrogens (tertiary/aromatic N) is 1. The van der Waals surface area contributed by atoms with Crippen molar-refractivity contribution in [3.05, 3.63) is 23.8 Å². The van der Waals surface area contributed by atoms with Gasteiger partial charge in [-0.3, -0.25) is 47.4 Å². The number of carbonyl (C=O) groups is 9. The van der Waals surface area contributed by atoms with Crippen LogP contribution in [0.5, 0.6) is 5.75 Å². The van der Waals surface area contributed by atoms with Crippen LogP contribution in [0.15, 0.2) is 23.2 Å². The summed E-state index contributed by atoms with van der Waals surface area (Å²) in [6.07, 6.45) is -4.42. The van der Waals surface area contributed by atoms with Crippen LogP contribution in [0.2, 0.25) is 0 Å². The standard InChI is InChI=1S/C39H54N10O14S/c1-4-16(2)31-36(60)42-11-29(55)43-25-15-64(63)38-21(20-6-5-18(51)7-22(20)46-38)9-23(33(57)41-12-30(56)47-31)44-37(61)32(17(3)27(53)14-50)48-35(59)26-8-19(52)13-49(26)39(62)24(10-28(40)54)45-34(25)58/h5-7,16-17,19,23-27,31-32,46,50-53H,4,8-15H2,1-3H3,(H2,40,54)(H,41,57)(H,42,60)(H,43,55)(H,44,61)(H,45,58)(H,47,56)(H,48,59)/t16-,17+,19+,23+,24-,25+,26+,27+,31-,32-,64+/m0/s1. The van der Waals surface area contributed by atoms with Crippen LogP contribution in [0.1, 0.15) is 45.6 Å². The fourth-order valence-corrected chi connectivity index (χ4v) is 9.10. The Morgan fingerprint density at radius 2 is 1.55 bits per heavy atom. The number of aromatic nitrogens is 1. The molecule has 1 aromatic heterocycles. The van der Waals surface area contributed by atoms with Gasteiger partial charge in [0.05, 0.1) is 60.4 Å². The zero-order chi connectivity index (χ0) is 47.2. The Morgan fingerprint density at radius 1 is 0.875 bits per heavy atom. The molecule has 1 aromatic carbocycles. The molecule has 5 rings (SSSR count). The van der Waals surface area contributed by atoms with Gasteiger partial charge in [-0.15, -0.1) is 0 Å². The van der Waals surface area contributed by atoms with E-state index in [-0.39, 0.29) is 27.2 Å². The first-order valence-electron chi connectivity index (χ1n) is 20.6. The molecule has 0 spiro atoms. The van der Waals surface area contributed by atoms with Crippen molar-refractivity contribution in [2.24, 2.45) is 17.6 Å². The van der Waals surface area contributed by atoms with Gasteiger partial charge in [-0.25, -0.2) is 0 Å². The molecular weight excluding hydrogens is 865 g/mol. The van der Waals surface area contributed by atoms with Crippen molar-refractivity contribution < 1.29 is 67.8 Å². The number of hydrogen-bond acceptors (Lipinski definition) is 14. The van der Waals surface area contributed by atoms with E-state index in [1.165, 1.54) is 25.1 Å². The predicted octanol–water partition coefficient (Wildman–Crippen LogP) is -5.92. The molecule has 0 aliphatic carbocycles. The van der Waals surface area contributed by atoms with Crippen molar-refractivity contribution in [2.45, 2.75) is 99.9 Å². The van der Waals surface area contributed by atoms with Gasteiger partial charge in [0.25, 0.3) is 0 Å². The normalized spacial score (nSPS) is 28.5. The number of benzene rings is 1. The number of aliphatic hydroxyl groups excluding tert-OH is 3. The number of phenols is 1. The molecule has 25 heteroatoms. The average molecular weight is 919 g/mol. The number of aliphatic hydroxyl groups is 3. The van der Waals surface area contributed by atoms with Crippen LogP contribution in [0.25, 0.3) is 10.9 Å². The lowest BCUT2D eigenvalue weighted by Gasteiger charge is -2.32. The third-order valence-electron chi connectivity index (χ3n) is 11.5. The molecule has 2 bridgehead atoms. The van der Waals surface area contributed by atoms with E-state index in [1.54, 1.807) is 13.8 Å². The topological polar surface area (TPSA) is 381 Å². The van der Waals surface area contributed by atoms with Gasteiger partial charge in [-0.1, -0.05) is 27.2 Å². The summed E-state index contributed by atoms with van der Waals surface area (Å²) in [5.41, 5.74) is 5.73. The smallest absolute Gasteiger partial charge is 0.246 e. The maximum atomic E-state index is 14.6. The third kappa shape index (κ3) is 11.5. The number of fused-ring (bicyclic) bond motifs is 5. The minimum Gasteiger partial charge on any atom is -0.508 e. The summed E-state index contributed by atoms with van der Waals surface area (Å²) in [7, 11) is -2.38. The highest BCUT2D eigenvalue weighted by Crippen LogP contribution is 2.30. The van der Waals surface area contributed by atoms with Crippen LogP contribution in [-0.2, 0) is 60.4 Å². The van der Waals surface area contributed by atoms with Gasteiger partial charge in [0.2, 0.25) is 53.2 Å². The van der Waals surface area contributed by atoms with E-state index in [0.29, 0.717) is 6.42 Å². The molecule has 0 radical (unpaired) electrons. The van der Waals surface area contributed by atoms with Crippen molar-refractivity contribution in [1.29, 1.82) is 0 Å². The first-order chi connectivity index (χ1) is 30.2. The number of phenolic OH excluding ortho intramolecular Hbond substituents is 1. The third-order valence-corrected chi connectivity index (χ3v) is 13.0. The number of rotatable bonds is 7. The molecule has 9 amide bonds. The van der Waals surface area contributed by atoms with Crippen LogP contribution in [-0.4, -0.2) is 168 Å². The van der Waals surface area contributed by atoms with Crippen LogP contribution in [0.3, 0.4) is 0 Å². The van der Waals surface area contributed by atoms with Crippen molar-refractivity contribution in [3.8, 4) is 5.75 Å². The molecule has 1 fully saturated rings. The molecule has 3 aliphatic heterocycles. The Labute approximate surface area is 368 Å². The number of aromatic amines is 1. The zero-order valence-electron chi connectivity index (χ0n) is 35.2. The molecular formula is C39H54N10O14S. The second-order valence-electron chi connectivity index (χ2n) is 16.1. The summed E-state index contributed by atoms with van der Waals surface area (Å²) in [5.74, 6) is -12.1. The first kappa shape index (κ1) is 48.8. The van der Waals surface area contributed by atoms with E-state index < -0.39 is 176 Å². The summed E-state index contributed by atoms with van der Waals surface area (Å²) in [6, 6.07) is -5.99. The Hall–Kier alpha value is -6.18. The molecule has 11 atom stereocenters. The molecule has 0 saturated carbocycles. The molecule has 24 nitrogen and oxygen atoms in total. The Kier molecular flexibility index (Phi) is 16.0. The van der Waals surface area contributed by atoms with Gasteiger partial charge in [0, 0.05) is 36.8 Å². The van der Waals surface area contributed by atoms with Crippen molar-refractivity contribution >= 4 is 74.9 Å². The number of aromatic hydroxyl groups is 1. The number of amides is 9. The van der Waals surface area contributed by atoms with Crippen LogP contribution in [0.4, 0.5) is 0 Å². The summed E-state index contributed by atoms with van der Waals surface area (Å²) in [5, 5.41) is 58.8. The lowest BCUT2D eigenvalue weighted by molar-refractivity contribution is -0.144. The second kappa shape index (κ2) is 21.0. The fourth-order valence-electron chi connectivity index (χ4n) is 7.70. The van der Waals surface area contributed by atoms with Crippen molar-refractivity contribution in [1.82, 2.24) is 47.1 Å². The average Bonchev–Trinajstić information content (AvgIpc) is 3.82. The molecule has 350 valence electrons. The van der Waals surface area contributed by atoms with E-state index in [1.807, 2.05) is 0 Å². The summed E-state index contributed by atoms with van der Waals surface area (Å²) in [4.78, 5) is 127. The molecule has 0 unspecified atom stereocenters. The van der Waals surface area contributed by atoms with E-state index in [4.69, 9.17) is 5.73 Å². The van der Waals surface area contributed by atoms with E-state index in [2.05, 4.69) is 42.2 Å². The maximum absolute atomic E-state index is 14.6. The number of H-pyrrole nitrogens is 1. The van der Waals surface area contributed by atoms with Gasteiger partial charge in [-0.05, 0) is 23.6 Å². The lowest BCUT2D eigenvalue weighted by atomic mass is 9.93. The van der Waals surface area contributed by atoms with Gasteiger partial charge in [0.15, 0.2) is 0 Å². The molecule has 4 heterocycles. The molecule has 3 aliphatic rings. The van der Waals surface area contributed by atoms with Gasteiger partial charge >= 0.3 is 0 Å². The van der Waals surface area contributed by atoms with Crippen molar-refractivity contribution in [2.75, 3.05) is 32.0 Å². The van der Waals surface area contributed by atoms with E-state index in [9.17, 15) is 67.8 Å². The molecule has 2 aromatic rings. The fraction of sp³-hybridized carbons (Fsp3) is 0.564. The minimum atomic E-state index is -2.38. The number of carbonyl (C=O) groups excluding carboxylic acids is 9. The van der Waals surface area contributed by atoms with Crippen molar-refractivity contribution in [3.63, 3.8) is 0 Å². The monoisotopic (exact) mass is 918 g/mol. The maximum Gasteiger partial charge on any atom is 0.246 e. The first-order valence-corrected chi connectivity index (χ1v) is 21.9. The largest absolute Gasteiger partial charge is 0.508 e. The highest BCUT2D eigenvalue weighted by molar-refractivity contribution is 7.85. The van der Waals surface area contributed by atoms with Gasteiger partial charge in [0.1, 0.15) is 47.0 Å². The van der Waals surface area contributed by atoms with Crippen LogP contribution < -0.4 is 43.0 Å². The zero-order valence-corrected chi connectivity index (χ0v) is 36.0. The Morgan fingerprint density at radius 3 is 2.20 bits per heavy atom. The van der Waals surface area contributed by atoms with E-state index in [0.717, 1.165) is 4.90 Å². The van der Waals surface area contributed by atoms with Gasteiger partial charge < -0.3 is 73.3 Å². The molecule has 14 N–H and O–H groups in total. The number of nitrogens with two attached hydrogens (primary N) is 1. The quantitative estimate of drug-likeness (QED) is 0.123. The summed E-state index contributed by atoms with van der Waals surface area (Å²) < 4.78 is 14.6. The van der Waals surface area contributed by atoms with E-state index >= 15 is 0 Å². The molecule has 1 saturated heterocycles. The summed E-state index contributed by atoms with van der Waals surface area (Å²) >= 11 is 0.